The Labute approximate surface area is 129 Å². The molecule has 3 nitrogen and oxygen atoms in total. The molecule has 1 aromatic carbocycles. The molecule has 5 heteroatoms. The minimum Gasteiger partial charge on any atom is -0.379 e. The van der Waals surface area contributed by atoms with Crippen LogP contribution in [-0.2, 0) is 13.1 Å². The van der Waals surface area contributed by atoms with Gasteiger partial charge in [-0.2, -0.15) is 5.10 Å². The Morgan fingerprint density at radius 2 is 2.11 bits per heavy atom. The molecule has 1 N–H and O–H groups in total. The molecule has 0 saturated carbocycles. The number of aryl methyl sites for hydroxylation is 2. The van der Waals surface area contributed by atoms with Gasteiger partial charge < -0.3 is 5.32 Å². The summed E-state index contributed by atoms with van der Waals surface area (Å²) in [5.41, 5.74) is 3.39. The number of nitrogens with zero attached hydrogens (tertiary/aromatic N) is 2. The van der Waals surface area contributed by atoms with Gasteiger partial charge in [-0.3, -0.25) is 4.68 Å². The smallest absolute Gasteiger partial charge is 0.0739 e. The third-order valence-corrected chi connectivity index (χ3v) is 4.75. The van der Waals surface area contributed by atoms with Crippen molar-refractivity contribution in [2.75, 3.05) is 5.32 Å². The first-order valence-electron chi connectivity index (χ1n) is 5.83. The SMILES string of the molecule is CCn1nc(C)c(Br)c1CNc1ccccc1I. The summed E-state index contributed by atoms with van der Waals surface area (Å²) in [6, 6.07) is 8.28. The van der Waals surface area contributed by atoms with Gasteiger partial charge in [-0.25, -0.2) is 0 Å². The standard InChI is InChI=1S/C13H15BrIN3/c1-3-18-12(13(14)9(2)17-18)8-16-11-7-5-4-6-10(11)15/h4-7,16H,3,8H2,1-2H3. The number of anilines is 1. The molecular weight excluding hydrogens is 405 g/mol. The minimum absolute atomic E-state index is 0.773. The van der Waals surface area contributed by atoms with Crippen LogP contribution >= 0.6 is 38.5 Å². The van der Waals surface area contributed by atoms with E-state index < -0.39 is 0 Å². The molecule has 0 saturated heterocycles. The maximum Gasteiger partial charge on any atom is 0.0739 e. The van der Waals surface area contributed by atoms with Gasteiger partial charge in [-0.15, -0.1) is 0 Å². The summed E-state index contributed by atoms with van der Waals surface area (Å²) in [5.74, 6) is 0. The highest BCUT2D eigenvalue weighted by molar-refractivity contribution is 14.1. The van der Waals surface area contributed by atoms with Crippen LogP contribution in [0, 0.1) is 10.5 Å². The monoisotopic (exact) mass is 419 g/mol. The number of nitrogens with one attached hydrogen (secondary N) is 1. The first-order valence-corrected chi connectivity index (χ1v) is 7.70. The van der Waals surface area contributed by atoms with Crippen molar-refractivity contribution in [1.82, 2.24) is 9.78 Å². The zero-order valence-corrected chi connectivity index (χ0v) is 14.1. The second-order valence-corrected chi connectivity index (χ2v) is 5.95. The van der Waals surface area contributed by atoms with E-state index >= 15 is 0 Å². The molecule has 0 aliphatic rings. The zero-order valence-electron chi connectivity index (χ0n) is 10.4. The maximum atomic E-state index is 4.49. The van der Waals surface area contributed by atoms with Gasteiger partial charge >= 0.3 is 0 Å². The van der Waals surface area contributed by atoms with E-state index in [0.29, 0.717) is 0 Å². The summed E-state index contributed by atoms with van der Waals surface area (Å²) < 4.78 is 4.36. The van der Waals surface area contributed by atoms with Crippen molar-refractivity contribution < 1.29 is 0 Å². The molecule has 96 valence electrons. The first kappa shape index (κ1) is 13.9. The van der Waals surface area contributed by atoms with E-state index in [4.69, 9.17) is 0 Å². The van der Waals surface area contributed by atoms with E-state index in [2.05, 4.69) is 68.0 Å². The zero-order chi connectivity index (χ0) is 13.1. The van der Waals surface area contributed by atoms with Crippen molar-refractivity contribution in [3.63, 3.8) is 0 Å². The number of hydrogen-bond acceptors (Lipinski definition) is 2. The highest BCUT2D eigenvalue weighted by atomic mass is 127. The predicted molar refractivity (Wildman–Crippen MR) is 86.8 cm³/mol. The van der Waals surface area contributed by atoms with Crippen LogP contribution in [0.25, 0.3) is 0 Å². The number of aromatic nitrogens is 2. The number of rotatable bonds is 4. The number of para-hydroxylation sites is 1. The summed E-state index contributed by atoms with van der Waals surface area (Å²) in [4.78, 5) is 0. The van der Waals surface area contributed by atoms with Crippen molar-refractivity contribution in [2.24, 2.45) is 0 Å². The lowest BCUT2D eigenvalue weighted by atomic mass is 10.3. The van der Waals surface area contributed by atoms with Gasteiger partial charge in [0.2, 0.25) is 0 Å². The van der Waals surface area contributed by atoms with Gasteiger partial charge in [0.25, 0.3) is 0 Å². The Hall–Kier alpha value is -0.560. The molecule has 1 heterocycles. The normalized spacial score (nSPS) is 10.7. The molecule has 0 aliphatic carbocycles. The van der Waals surface area contributed by atoms with Crippen molar-refractivity contribution >= 4 is 44.2 Å². The van der Waals surface area contributed by atoms with Gasteiger partial charge in [0.1, 0.15) is 0 Å². The van der Waals surface area contributed by atoms with Gasteiger partial charge in [-0.05, 0) is 64.5 Å². The van der Waals surface area contributed by atoms with E-state index in [-0.39, 0.29) is 0 Å². The summed E-state index contributed by atoms with van der Waals surface area (Å²) in [5, 5.41) is 7.95. The first-order chi connectivity index (χ1) is 8.63. The molecule has 0 fully saturated rings. The number of hydrogen-bond donors (Lipinski definition) is 1. The molecule has 18 heavy (non-hydrogen) atoms. The molecule has 0 radical (unpaired) electrons. The van der Waals surface area contributed by atoms with Crippen LogP contribution in [0.5, 0.6) is 0 Å². The summed E-state index contributed by atoms with van der Waals surface area (Å²) >= 11 is 5.95. The highest BCUT2D eigenvalue weighted by Crippen LogP contribution is 2.23. The van der Waals surface area contributed by atoms with Crippen molar-refractivity contribution in [1.29, 1.82) is 0 Å². The van der Waals surface area contributed by atoms with Crippen LogP contribution in [-0.4, -0.2) is 9.78 Å². The van der Waals surface area contributed by atoms with E-state index in [9.17, 15) is 0 Å². The van der Waals surface area contributed by atoms with Gasteiger partial charge in [-0.1, -0.05) is 12.1 Å². The lowest BCUT2D eigenvalue weighted by molar-refractivity contribution is 0.622. The minimum atomic E-state index is 0.773. The quantitative estimate of drug-likeness (QED) is 0.753. The van der Waals surface area contributed by atoms with Gasteiger partial charge in [0.15, 0.2) is 0 Å². The molecule has 0 aliphatic heterocycles. The maximum absolute atomic E-state index is 4.49. The van der Waals surface area contributed by atoms with Crippen LogP contribution in [0.1, 0.15) is 18.3 Å². The van der Waals surface area contributed by atoms with E-state index in [1.807, 2.05) is 23.7 Å². The van der Waals surface area contributed by atoms with E-state index in [1.165, 1.54) is 9.26 Å². The largest absolute Gasteiger partial charge is 0.379 e. The molecule has 0 atom stereocenters. The molecule has 0 bridgehead atoms. The fraction of sp³-hybridized carbons (Fsp3) is 0.308. The van der Waals surface area contributed by atoms with Crippen molar-refractivity contribution in [2.45, 2.75) is 26.9 Å². The Kier molecular flexibility index (Phi) is 4.66. The molecule has 0 amide bonds. The third-order valence-electron chi connectivity index (χ3n) is 2.77. The number of halogens is 2. The average Bonchev–Trinajstić information content (AvgIpc) is 2.65. The highest BCUT2D eigenvalue weighted by Gasteiger charge is 2.11. The van der Waals surface area contributed by atoms with Gasteiger partial charge in [0.05, 0.1) is 22.4 Å². The third kappa shape index (κ3) is 2.88. The average molecular weight is 420 g/mol. The van der Waals surface area contributed by atoms with Crippen LogP contribution in [0.4, 0.5) is 5.69 Å². The second-order valence-electron chi connectivity index (χ2n) is 4.00. The lowest BCUT2D eigenvalue weighted by Gasteiger charge is -2.10. The summed E-state index contributed by atoms with van der Waals surface area (Å²) in [7, 11) is 0. The lowest BCUT2D eigenvalue weighted by Crippen LogP contribution is -2.09. The molecular formula is C13H15BrIN3. The summed E-state index contributed by atoms with van der Waals surface area (Å²) in [6.07, 6.45) is 0. The van der Waals surface area contributed by atoms with E-state index in [0.717, 1.165) is 28.9 Å². The van der Waals surface area contributed by atoms with Crippen LogP contribution in [0.3, 0.4) is 0 Å². The Morgan fingerprint density at radius 3 is 2.78 bits per heavy atom. The van der Waals surface area contributed by atoms with E-state index in [1.54, 1.807) is 0 Å². The van der Waals surface area contributed by atoms with Crippen molar-refractivity contribution in [3.8, 4) is 0 Å². The fourth-order valence-electron chi connectivity index (χ4n) is 1.82. The van der Waals surface area contributed by atoms with Crippen LogP contribution < -0.4 is 5.32 Å². The Bertz CT molecular complexity index is 551. The second kappa shape index (κ2) is 6.06. The fourth-order valence-corrected chi connectivity index (χ4v) is 2.82. The Morgan fingerprint density at radius 1 is 1.39 bits per heavy atom. The molecule has 0 unspecified atom stereocenters. The molecule has 2 aromatic rings. The topological polar surface area (TPSA) is 29.9 Å². The molecule has 1 aromatic heterocycles. The Balaban J connectivity index is 2.18. The predicted octanol–water partition coefficient (Wildman–Crippen LogP) is 4.19. The summed E-state index contributed by atoms with van der Waals surface area (Å²) in [6.45, 7) is 5.78. The van der Waals surface area contributed by atoms with Crippen molar-refractivity contribution in [3.05, 3.63) is 43.7 Å². The molecule has 2 rings (SSSR count). The number of benzene rings is 1. The van der Waals surface area contributed by atoms with Gasteiger partial charge in [0, 0.05) is 15.8 Å². The van der Waals surface area contributed by atoms with Crippen LogP contribution in [0.2, 0.25) is 0 Å². The molecule has 0 spiro atoms. The van der Waals surface area contributed by atoms with Crippen LogP contribution in [0.15, 0.2) is 28.7 Å².